The van der Waals surface area contributed by atoms with Crippen molar-refractivity contribution in [1.82, 2.24) is 9.78 Å². The Morgan fingerprint density at radius 3 is 3.00 bits per heavy atom. The van der Waals surface area contributed by atoms with Crippen LogP contribution in [-0.4, -0.2) is 22.4 Å². The fourth-order valence-electron chi connectivity index (χ4n) is 2.10. The van der Waals surface area contributed by atoms with Gasteiger partial charge in [0.1, 0.15) is 11.5 Å². The number of nitrogens with one attached hydrogen (secondary N) is 2. The number of anilines is 2. The van der Waals surface area contributed by atoms with Crippen LogP contribution in [0.15, 0.2) is 0 Å². The van der Waals surface area contributed by atoms with Crippen molar-refractivity contribution in [3.05, 3.63) is 5.69 Å². The van der Waals surface area contributed by atoms with Gasteiger partial charge in [0, 0.05) is 19.6 Å². The van der Waals surface area contributed by atoms with E-state index in [1.807, 2.05) is 18.7 Å². The lowest BCUT2D eigenvalue weighted by Gasteiger charge is -2.30. The molecule has 0 fully saturated rings. The van der Waals surface area contributed by atoms with Crippen LogP contribution >= 0.6 is 0 Å². The van der Waals surface area contributed by atoms with Crippen molar-refractivity contribution < 1.29 is 0 Å². The van der Waals surface area contributed by atoms with Gasteiger partial charge in [-0.1, -0.05) is 20.3 Å². The Balaban J connectivity index is 2.22. The molecule has 0 aromatic carbocycles. The molecule has 0 saturated heterocycles. The van der Waals surface area contributed by atoms with Gasteiger partial charge in [0.05, 0.1) is 5.69 Å². The SMILES string of the molecule is CCC(C)C1CNc2c(C)nn(C)c2N1. The minimum Gasteiger partial charge on any atom is -0.378 e. The molecule has 84 valence electrons. The second-order valence-corrected chi connectivity index (χ2v) is 4.45. The Hall–Kier alpha value is -1.19. The number of rotatable bonds is 2. The summed E-state index contributed by atoms with van der Waals surface area (Å²) in [7, 11) is 1.99. The molecule has 0 radical (unpaired) electrons. The van der Waals surface area contributed by atoms with E-state index in [-0.39, 0.29) is 0 Å². The van der Waals surface area contributed by atoms with Crippen LogP contribution in [0, 0.1) is 12.8 Å². The molecule has 1 aliphatic heterocycles. The lowest BCUT2D eigenvalue weighted by molar-refractivity contribution is 0.474. The fraction of sp³-hybridized carbons (Fsp3) is 0.727. The summed E-state index contributed by atoms with van der Waals surface area (Å²) in [5.74, 6) is 1.81. The summed E-state index contributed by atoms with van der Waals surface area (Å²) in [5, 5.41) is 11.4. The van der Waals surface area contributed by atoms with Crippen LogP contribution in [0.4, 0.5) is 11.5 Å². The van der Waals surface area contributed by atoms with Crippen molar-refractivity contribution in [3.63, 3.8) is 0 Å². The Labute approximate surface area is 91.1 Å². The summed E-state index contributed by atoms with van der Waals surface area (Å²) in [5.41, 5.74) is 2.24. The summed E-state index contributed by atoms with van der Waals surface area (Å²) < 4.78 is 1.92. The van der Waals surface area contributed by atoms with E-state index >= 15 is 0 Å². The first kappa shape index (κ1) is 10.3. The molecule has 4 nitrogen and oxygen atoms in total. The number of hydrogen-bond acceptors (Lipinski definition) is 3. The summed E-state index contributed by atoms with van der Waals surface area (Å²) >= 11 is 0. The molecule has 0 bridgehead atoms. The van der Waals surface area contributed by atoms with Crippen molar-refractivity contribution in [2.75, 3.05) is 17.2 Å². The normalized spacial score (nSPS) is 21.5. The molecule has 0 aliphatic carbocycles. The van der Waals surface area contributed by atoms with E-state index in [2.05, 4.69) is 29.6 Å². The minimum atomic E-state index is 0.511. The van der Waals surface area contributed by atoms with Gasteiger partial charge in [-0.05, 0) is 12.8 Å². The highest BCUT2D eigenvalue weighted by atomic mass is 15.3. The molecule has 2 atom stereocenters. The highest BCUT2D eigenvalue weighted by molar-refractivity contribution is 5.70. The second-order valence-electron chi connectivity index (χ2n) is 4.45. The molecule has 2 heterocycles. The molecular weight excluding hydrogens is 188 g/mol. The molecule has 2 rings (SSSR count). The van der Waals surface area contributed by atoms with Gasteiger partial charge < -0.3 is 10.6 Å². The maximum atomic E-state index is 4.40. The van der Waals surface area contributed by atoms with Crippen molar-refractivity contribution in [3.8, 4) is 0 Å². The molecule has 1 aromatic rings. The molecule has 4 heteroatoms. The molecule has 2 N–H and O–H groups in total. The third-order valence-corrected chi connectivity index (χ3v) is 3.37. The number of hydrogen-bond donors (Lipinski definition) is 2. The van der Waals surface area contributed by atoms with E-state index in [0.29, 0.717) is 12.0 Å². The third-order valence-electron chi connectivity index (χ3n) is 3.37. The van der Waals surface area contributed by atoms with Gasteiger partial charge in [0.2, 0.25) is 0 Å². The zero-order valence-corrected chi connectivity index (χ0v) is 9.96. The number of nitrogens with zero attached hydrogens (tertiary/aromatic N) is 2. The number of aromatic nitrogens is 2. The van der Waals surface area contributed by atoms with Crippen molar-refractivity contribution in [1.29, 1.82) is 0 Å². The van der Waals surface area contributed by atoms with Crippen LogP contribution in [-0.2, 0) is 7.05 Å². The summed E-state index contributed by atoms with van der Waals surface area (Å²) in [6.45, 7) is 7.55. The first-order valence-corrected chi connectivity index (χ1v) is 5.67. The van der Waals surface area contributed by atoms with Gasteiger partial charge in [0.25, 0.3) is 0 Å². The fourth-order valence-corrected chi connectivity index (χ4v) is 2.10. The van der Waals surface area contributed by atoms with Crippen molar-refractivity contribution >= 4 is 11.5 Å². The Morgan fingerprint density at radius 1 is 1.60 bits per heavy atom. The van der Waals surface area contributed by atoms with Crippen LogP contribution in [0.5, 0.6) is 0 Å². The molecule has 1 aromatic heterocycles. The highest BCUT2D eigenvalue weighted by Gasteiger charge is 2.25. The highest BCUT2D eigenvalue weighted by Crippen LogP contribution is 2.30. The maximum Gasteiger partial charge on any atom is 0.148 e. The summed E-state index contributed by atoms with van der Waals surface area (Å²) in [6.07, 6.45) is 1.20. The predicted octanol–water partition coefficient (Wildman–Crippen LogP) is 1.98. The second kappa shape index (κ2) is 3.76. The van der Waals surface area contributed by atoms with E-state index < -0.39 is 0 Å². The Morgan fingerprint density at radius 2 is 2.33 bits per heavy atom. The van der Waals surface area contributed by atoms with Crippen LogP contribution in [0.1, 0.15) is 26.0 Å². The quantitative estimate of drug-likeness (QED) is 0.781. The topological polar surface area (TPSA) is 41.9 Å². The van der Waals surface area contributed by atoms with Gasteiger partial charge >= 0.3 is 0 Å². The monoisotopic (exact) mass is 208 g/mol. The molecule has 2 unspecified atom stereocenters. The van der Waals surface area contributed by atoms with Gasteiger partial charge in [0.15, 0.2) is 0 Å². The lowest BCUT2D eigenvalue weighted by Crippen LogP contribution is -2.38. The standard InChI is InChI=1S/C11H20N4/c1-5-7(2)9-6-12-10-8(3)14-15(4)11(10)13-9/h7,9,12-13H,5-6H2,1-4H3. The smallest absolute Gasteiger partial charge is 0.148 e. The van der Waals surface area contributed by atoms with Gasteiger partial charge in [-0.3, -0.25) is 4.68 Å². The molecule has 0 saturated carbocycles. The van der Waals surface area contributed by atoms with Crippen LogP contribution < -0.4 is 10.6 Å². The van der Waals surface area contributed by atoms with E-state index in [0.717, 1.165) is 23.7 Å². The summed E-state index contributed by atoms with van der Waals surface area (Å²) in [6, 6.07) is 0.511. The van der Waals surface area contributed by atoms with Crippen LogP contribution in [0.2, 0.25) is 0 Å². The predicted molar refractivity (Wildman–Crippen MR) is 63.3 cm³/mol. The zero-order chi connectivity index (χ0) is 11.0. The largest absolute Gasteiger partial charge is 0.378 e. The molecule has 1 aliphatic rings. The zero-order valence-electron chi connectivity index (χ0n) is 9.96. The minimum absolute atomic E-state index is 0.511. The third kappa shape index (κ3) is 1.68. The van der Waals surface area contributed by atoms with E-state index in [4.69, 9.17) is 0 Å². The first-order chi connectivity index (χ1) is 7.13. The van der Waals surface area contributed by atoms with Crippen LogP contribution in [0.25, 0.3) is 0 Å². The molecule has 0 amide bonds. The van der Waals surface area contributed by atoms with Gasteiger partial charge in [-0.15, -0.1) is 0 Å². The number of aryl methyl sites for hydroxylation is 2. The maximum absolute atomic E-state index is 4.40. The van der Waals surface area contributed by atoms with E-state index in [9.17, 15) is 0 Å². The molecule has 15 heavy (non-hydrogen) atoms. The average molecular weight is 208 g/mol. The van der Waals surface area contributed by atoms with E-state index in [1.54, 1.807) is 0 Å². The van der Waals surface area contributed by atoms with Crippen molar-refractivity contribution in [2.45, 2.75) is 33.2 Å². The van der Waals surface area contributed by atoms with Gasteiger partial charge in [-0.25, -0.2) is 0 Å². The Bertz CT molecular complexity index is 356. The Kier molecular flexibility index (Phi) is 2.59. The number of fused-ring (bicyclic) bond motifs is 1. The van der Waals surface area contributed by atoms with E-state index in [1.165, 1.54) is 6.42 Å². The van der Waals surface area contributed by atoms with Crippen molar-refractivity contribution in [2.24, 2.45) is 13.0 Å². The lowest BCUT2D eigenvalue weighted by atomic mass is 9.98. The summed E-state index contributed by atoms with van der Waals surface area (Å²) in [4.78, 5) is 0. The molecule has 0 spiro atoms. The molecular formula is C11H20N4. The first-order valence-electron chi connectivity index (χ1n) is 5.67. The average Bonchev–Trinajstić information content (AvgIpc) is 2.53. The van der Waals surface area contributed by atoms with Crippen LogP contribution in [0.3, 0.4) is 0 Å². The van der Waals surface area contributed by atoms with Gasteiger partial charge in [-0.2, -0.15) is 5.10 Å².